The number of hydrogen-bond donors (Lipinski definition) is 0. The van der Waals surface area contributed by atoms with E-state index in [2.05, 4.69) is 56.1 Å². The Bertz CT molecular complexity index is 730. The average Bonchev–Trinajstić information content (AvgIpc) is 2.77. The summed E-state index contributed by atoms with van der Waals surface area (Å²) in [5.74, 6) is 0.444. The van der Waals surface area contributed by atoms with Gasteiger partial charge in [-0.25, -0.2) is 24.8 Å². The molecule has 0 aliphatic carbocycles. The van der Waals surface area contributed by atoms with E-state index in [1.165, 1.54) is 7.11 Å². The lowest BCUT2D eigenvalue weighted by Crippen LogP contribution is -2.10. The Kier molecular flexibility index (Phi) is 6.15. The maximum atomic E-state index is 11.7. The molecule has 0 atom stereocenters. The fourth-order valence-corrected chi connectivity index (χ4v) is 3.34. The number of rotatable bonds is 6. The molecule has 0 aliphatic heterocycles. The van der Waals surface area contributed by atoms with Gasteiger partial charge in [0.15, 0.2) is 16.5 Å². The largest absolute Gasteiger partial charge is 0.464 e. The van der Waals surface area contributed by atoms with E-state index in [1.807, 2.05) is 10.8 Å². The molecule has 0 saturated carbocycles. The number of carbonyl (C=O) groups excluding carboxylic acids is 1. The van der Waals surface area contributed by atoms with Gasteiger partial charge in [-0.2, -0.15) is 0 Å². The van der Waals surface area contributed by atoms with Crippen LogP contribution >= 0.6 is 44.2 Å². The zero-order chi connectivity index (χ0) is 17.2. The highest BCUT2D eigenvalue weighted by atomic mass is 127. The van der Waals surface area contributed by atoms with E-state index in [0.717, 1.165) is 9.32 Å². The summed E-state index contributed by atoms with van der Waals surface area (Å²) in [4.78, 5) is 20.2. The Morgan fingerprint density at radius 1 is 1.39 bits per heavy atom. The molecule has 0 aliphatic rings. The molecule has 2 rings (SSSR count). The minimum atomic E-state index is -0.600. The molecule has 0 amide bonds. The Morgan fingerprint density at radius 2 is 2.09 bits per heavy atom. The van der Waals surface area contributed by atoms with Gasteiger partial charge in [-0.05, 0) is 41.4 Å². The summed E-state index contributed by atoms with van der Waals surface area (Å²) in [5, 5.41) is 0.0271. The van der Waals surface area contributed by atoms with E-state index in [1.54, 1.807) is 0 Å². The second-order valence-electron chi connectivity index (χ2n) is 5.81. The molecule has 23 heavy (non-hydrogen) atoms. The number of ether oxygens (including phenoxy) is 2. The van der Waals surface area contributed by atoms with Crippen LogP contribution in [0.5, 0.6) is 0 Å². The van der Waals surface area contributed by atoms with Crippen LogP contribution in [-0.4, -0.2) is 58.7 Å². The zero-order valence-electron chi connectivity index (χ0n) is 13.4. The molecule has 0 saturated heterocycles. The van der Waals surface area contributed by atoms with Crippen molar-refractivity contribution in [1.82, 2.24) is 14.5 Å². The Labute approximate surface area is 155 Å². The van der Waals surface area contributed by atoms with Crippen LogP contribution in [0.1, 0.15) is 10.5 Å². The lowest BCUT2D eigenvalue weighted by molar-refractivity contribution is 0.0594. The van der Waals surface area contributed by atoms with E-state index in [9.17, 15) is 4.79 Å². The number of methoxy groups -OCH3 is 1. The van der Waals surface area contributed by atoms with Gasteiger partial charge in [-0.3, -0.25) is 0 Å². The first-order chi connectivity index (χ1) is 10.7. The minimum absolute atomic E-state index is 0.0228. The summed E-state index contributed by atoms with van der Waals surface area (Å²) < 4.78 is 13.1. The number of nitrogens with zero attached hydrogens (tertiary/aromatic N) is 3. The van der Waals surface area contributed by atoms with Crippen molar-refractivity contribution in [3.05, 3.63) is 20.6 Å². The fourth-order valence-electron chi connectivity index (χ4n) is 1.82. The van der Waals surface area contributed by atoms with Crippen LogP contribution in [0.15, 0.2) is 6.20 Å². The number of carbonyl (C=O) groups is 1. The van der Waals surface area contributed by atoms with Crippen molar-refractivity contribution >= 4 is 61.4 Å². The monoisotopic (exact) mass is 471 g/mol. The molecule has 2 aromatic heterocycles. The summed E-state index contributed by atoms with van der Waals surface area (Å²) in [6.07, 6.45) is 8.64. The van der Waals surface area contributed by atoms with E-state index < -0.39 is 16.0 Å². The predicted molar refractivity (Wildman–Crippen MR) is 103 cm³/mol. The van der Waals surface area contributed by atoms with Crippen LogP contribution in [0.2, 0.25) is 5.15 Å². The third kappa shape index (κ3) is 4.71. The van der Waals surface area contributed by atoms with Crippen molar-refractivity contribution in [2.24, 2.45) is 0 Å². The summed E-state index contributed by atoms with van der Waals surface area (Å²) in [6.45, 7) is 1.06. The second-order valence-corrected chi connectivity index (χ2v) is 11.9. The summed E-state index contributed by atoms with van der Waals surface area (Å²) in [5.41, 5.74) is 1.23. The second kappa shape index (κ2) is 7.54. The van der Waals surface area contributed by atoms with Crippen LogP contribution < -0.4 is 0 Å². The molecule has 0 fully saturated rings. The smallest absolute Gasteiger partial charge is 0.359 e. The number of fused-ring (bicyclic) bond motifs is 1. The molecule has 2 heterocycles. The standard InChI is InChI=1S/C14H19ClIN3O3S/c1-21-14(20)11-12(15)18-13-10(17-11)9(16)7-19(13)8-22-5-6-23(2,3)4/h7H,5-6,8H2,1-4H3. The highest BCUT2D eigenvalue weighted by Crippen LogP contribution is 2.33. The molecule has 9 heteroatoms. The van der Waals surface area contributed by atoms with E-state index in [-0.39, 0.29) is 10.8 Å². The van der Waals surface area contributed by atoms with Gasteiger partial charge in [0, 0.05) is 11.9 Å². The molecule has 0 spiro atoms. The quantitative estimate of drug-likeness (QED) is 0.368. The Balaban J connectivity index is 2.22. The first-order valence-electron chi connectivity index (χ1n) is 6.77. The van der Waals surface area contributed by atoms with Crippen LogP contribution in [0.3, 0.4) is 0 Å². The van der Waals surface area contributed by atoms with E-state index in [4.69, 9.17) is 16.3 Å². The number of esters is 1. The summed E-state index contributed by atoms with van der Waals surface area (Å²) >= 11 is 8.20. The molecule has 6 nitrogen and oxygen atoms in total. The topological polar surface area (TPSA) is 66.2 Å². The molecule has 0 N–H and O–H groups in total. The van der Waals surface area contributed by atoms with Crippen molar-refractivity contribution in [2.75, 3.05) is 38.2 Å². The molecular weight excluding hydrogens is 453 g/mol. The summed E-state index contributed by atoms with van der Waals surface area (Å²) in [6, 6.07) is 0. The zero-order valence-corrected chi connectivity index (χ0v) is 17.2. The molecule has 0 radical (unpaired) electrons. The van der Waals surface area contributed by atoms with E-state index in [0.29, 0.717) is 24.5 Å². The van der Waals surface area contributed by atoms with Crippen LogP contribution in [0.25, 0.3) is 11.2 Å². The normalized spacial score (nSPS) is 12.6. The predicted octanol–water partition coefficient (Wildman–Crippen LogP) is 3.14. The molecule has 128 valence electrons. The van der Waals surface area contributed by atoms with E-state index >= 15 is 0 Å². The van der Waals surface area contributed by atoms with Gasteiger partial charge in [0.05, 0.1) is 17.3 Å². The van der Waals surface area contributed by atoms with Crippen molar-refractivity contribution in [2.45, 2.75) is 6.73 Å². The molecule has 0 aromatic carbocycles. The molecular formula is C14H19ClIN3O3S. The number of hydrogen-bond acceptors (Lipinski definition) is 5. The Morgan fingerprint density at radius 3 is 2.70 bits per heavy atom. The highest BCUT2D eigenvalue weighted by Gasteiger charge is 2.19. The van der Waals surface area contributed by atoms with Gasteiger partial charge in [0.2, 0.25) is 0 Å². The number of aromatic nitrogens is 3. The van der Waals surface area contributed by atoms with Gasteiger partial charge in [0.1, 0.15) is 12.2 Å². The van der Waals surface area contributed by atoms with Gasteiger partial charge in [-0.1, -0.05) is 11.6 Å². The van der Waals surface area contributed by atoms with Crippen molar-refractivity contribution < 1.29 is 14.3 Å². The fraction of sp³-hybridized carbons (Fsp3) is 0.500. The third-order valence-corrected chi connectivity index (χ3v) is 5.50. The highest BCUT2D eigenvalue weighted by molar-refractivity contribution is 14.1. The van der Waals surface area contributed by atoms with Gasteiger partial charge in [-0.15, -0.1) is 0 Å². The first-order valence-corrected chi connectivity index (χ1v) is 11.2. The third-order valence-electron chi connectivity index (χ3n) is 3.05. The van der Waals surface area contributed by atoms with Crippen LogP contribution in [-0.2, 0) is 16.2 Å². The lowest BCUT2D eigenvalue weighted by atomic mass is 10.4. The minimum Gasteiger partial charge on any atom is -0.464 e. The lowest BCUT2D eigenvalue weighted by Gasteiger charge is -2.24. The van der Waals surface area contributed by atoms with Gasteiger partial charge < -0.3 is 14.0 Å². The van der Waals surface area contributed by atoms with Crippen molar-refractivity contribution in [3.8, 4) is 0 Å². The molecule has 2 aromatic rings. The van der Waals surface area contributed by atoms with Gasteiger partial charge >= 0.3 is 5.97 Å². The first kappa shape index (κ1) is 18.8. The van der Waals surface area contributed by atoms with Crippen LogP contribution in [0, 0.1) is 3.57 Å². The number of halogens is 2. The van der Waals surface area contributed by atoms with Gasteiger partial charge in [0.25, 0.3) is 0 Å². The average molecular weight is 472 g/mol. The Hall–Kier alpha value is -0.580. The maximum absolute atomic E-state index is 11.7. The van der Waals surface area contributed by atoms with Crippen molar-refractivity contribution in [3.63, 3.8) is 0 Å². The summed E-state index contributed by atoms with van der Waals surface area (Å²) in [7, 11) is 0.707. The molecule has 0 bridgehead atoms. The maximum Gasteiger partial charge on any atom is 0.359 e. The SMILES string of the molecule is COC(=O)c1nc2c(I)cn(COCCS(C)(C)C)c2nc1Cl. The van der Waals surface area contributed by atoms with Crippen molar-refractivity contribution in [1.29, 1.82) is 0 Å². The van der Waals surface area contributed by atoms with Crippen LogP contribution in [0.4, 0.5) is 0 Å². The molecule has 0 unspecified atom stereocenters.